The molecule has 1 aromatic rings. The fourth-order valence-corrected chi connectivity index (χ4v) is 2.49. The van der Waals surface area contributed by atoms with Crippen molar-refractivity contribution in [3.05, 3.63) is 35.6 Å². The average Bonchev–Trinajstić information content (AvgIpc) is 2.31. The van der Waals surface area contributed by atoms with Gasteiger partial charge in [0, 0.05) is 25.2 Å². The van der Waals surface area contributed by atoms with E-state index in [1.807, 2.05) is 13.1 Å². The Morgan fingerprint density at radius 2 is 2.12 bits per heavy atom. The molecule has 0 aromatic heterocycles. The second-order valence-electron chi connectivity index (χ2n) is 4.43. The van der Waals surface area contributed by atoms with Crippen LogP contribution in [-0.4, -0.2) is 26.8 Å². The second kappa shape index (κ2) is 4.93. The molecule has 1 heterocycles. The van der Waals surface area contributed by atoms with Crippen LogP contribution in [-0.2, 0) is 10.2 Å². The molecule has 1 aliphatic rings. The van der Waals surface area contributed by atoms with Gasteiger partial charge in [-0.2, -0.15) is 0 Å². The van der Waals surface area contributed by atoms with Gasteiger partial charge in [0.05, 0.1) is 0 Å². The fourth-order valence-electron chi connectivity index (χ4n) is 2.49. The van der Waals surface area contributed by atoms with Gasteiger partial charge in [0.25, 0.3) is 0 Å². The summed E-state index contributed by atoms with van der Waals surface area (Å²) < 4.78 is 18.7. The number of ether oxygens (including phenoxy) is 1. The van der Waals surface area contributed by atoms with Gasteiger partial charge < -0.3 is 10.1 Å². The summed E-state index contributed by atoms with van der Waals surface area (Å²) in [5, 5.41) is 3.22. The lowest BCUT2D eigenvalue weighted by atomic mass is 9.74. The maximum Gasteiger partial charge on any atom is 0.123 e. The number of rotatable bonds is 3. The molecular weight excluding hydrogens is 205 g/mol. The van der Waals surface area contributed by atoms with Crippen molar-refractivity contribution in [3.8, 4) is 0 Å². The Kier molecular flexibility index (Phi) is 3.56. The van der Waals surface area contributed by atoms with Crippen molar-refractivity contribution in [1.29, 1.82) is 0 Å². The average molecular weight is 223 g/mol. The van der Waals surface area contributed by atoms with E-state index in [1.54, 1.807) is 12.1 Å². The molecule has 0 saturated carbocycles. The van der Waals surface area contributed by atoms with Crippen molar-refractivity contribution >= 4 is 0 Å². The summed E-state index contributed by atoms with van der Waals surface area (Å²) in [6, 6.07) is 6.96. The molecule has 0 aliphatic carbocycles. The van der Waals surface area contributed by atoms with Crippen molar-refractivity contribution in [3.63, 3.8) is 0 Å². The quantitative estimate of drug-likeness (QED) is 0.847. The first-order chi connectivity index (χ1) is 7.77. The second-order valence-corrected chi connectivity index (χ2v) is 4.43. The van der Waals surface area contributed by atoms with Crippen LogP contribution in [0.1, 0.15) is 18.4 Å². The minimum Gasteiger partial charge on any atom is -0.381 e. The van der Waals surface area contributed by atoms with Crippen LogP contribution < -0.4 is 5.32 Å². The van der Waals surface area contributed by atoms with Crippen molar-refractivity contribution in [2.24, 2.45) is 0 Å². The van der Waals surface area contributed by atoms with Crippen LogP contribution in [0.15, 0.2) is 24.3 Å². The molecule has 2 nitrogen and oxygen atoms in total. The summed E-state index contributed by atoms with van der Waals surface area (Å²) in [5.41, 5.74) is 1.12. The van der Waals surface area contributed by atoms with Crippen LogP contribution in [0.2, 0.25) is 0 Å². The normalized spacial score (nSPS) is 19.6. The predicted molar refractivity (Wildman–Crippen MR) is 62.1 cm³/mol. The number of likely N-dealkylation sites (N-methyl/N-ethyl adjacent to an activating group) is 1. The SMILES string of the molecule is CNCC1(c2cccc(F)c2)CCOCC1. The van der Waals surface area contributed by atoms with E-state index in [0.29, 0.717) is 0 Å². The zero-order valence-corrected chi connectivity index (χ0v) is 9.63. The standard InChI is InChI=1S/C13H18FNO/c1-15-10-13(5-7-16-8-6-13)11-3-2-4-12(14)9-11/h2-4,9,15H,5-8,10H2,1H3. The maximum atomic E-state index is 13.3. The molecule has 88 valence electrons. The number of halogens is 1. The van der Waals surface area contributed by atoms with Gasteiger partial charge in [0.2, 0.25) is 0 Å². The highest BCUT2D eigenvalue weighted by atomic mass is 19.1. The molecule has 1 N–H and O–H groups in total. The fraction of sp³-hybridized carbons (Fsp3) is 0.538. The Morgan fingerprint density at radius 1 is 1.38 bits per heavy atom. The summed E-state index contributed by atoms with van der Waals surface area (Å²) in [7, 11) is 1.94. The minimum atomic E-state index is -0.153. The molecule has 2 rings (SSSR count). The van der Waals surface area contributed by atoms with E-state index in [1.165, 1.54) is 6.07 Å². The van der Waals surface area contributed by atoms with E-state index < -0.39 is 0 Å². The lowest BCUT2D eigenvalue weighted by molar-refractivity contribution is 0.0505. The molecule has 0 amide bonds. The first-order valence-corrected chi connectivity index (χ1v) is 5.75. The van der Waals surface area contributed by atoms with Gasteiger partial charge in [-0.3, -0.25) is 0 Å². The molecule has 0 spiro atoms. The van der Waals surface area contributed by atoms with E-state index in [4.69, 9.17) is 4.74 Å². The van der Waals surface area contributed by atoms with Crippen LogP contribution in [0, 0.1) is 5.82 Å². The number of benzene rings is 1. The third-order valence-corrected chi connectivity index (χ3v) is 3.40. The smallest absolute Gasteiger partial charge is 0.123 e. The summed E-state index contributed by atoms with van der Waals surface area (Å²) in [6.45, 7) is 2.40. The van der Waals surface area contributed by atoms with Gasteiger partial charge in [0.1, 0.15) is 5.82 Å². The van der Waals surface area contributed by atoms with Gasteiger partial charge in [0.15, 0.2) is 0 Å². The highest BCUT2D eigenvalue weighted by Crippen LogP contribution is 2.34. The zero-order valence-electron chi connectivity index (χ0n) is 9.63. The van der Waals surface area contributed by atoms with E-state index in [2.05, 4.69) is 5.32 Å². The maximum absolute atomic E-state index is 13.3. The van der Waals surface area contributed by atoms with Crippen LogP contribution in [0.5, 0.6) is 0 Å². The first kappa shape index (κ1) is 11.6. The third-order valence-electron chi connectivity index (χ3n) is 3.40. The van der Waals surface area contributed by atoms with Gasteiger partial charge in [-0.25, -0.2) is 4.39 Å². The molecule has 0 unspecified atom stereocenters. The zero-order chi connectivity index (χ0) is 11.4. The Hall–Kier alpha value is -0.930. The molecule has 3 heteroatoms. The Labute approximate surface area is 95.8 Å². The molecule has 1 aromatic carbocycles. The number of nitrogens with one attached hydrogen (secondary N) is 1. The molecule has 1 aliphatic heterocycles. The lowest BCUT2D eigenvalue weighted by Gasteiger charge is -2.37. The lowest BCUT2D eigenvalue weighted by Crippen LogP contribution is -2.41. The van der Waals surface area contributed by atoms with E-state index in [9.17, 15) is 4.39 Å². The first-order valence-electron chi connectivity index (χ1n) is 5.75. The largest absolute Gasteiger partial charge is 0.381 e. The topological polar surface area (TPSA) is 21.3 Å². The van der Waals surface area contributed by atoms with Gasteiger partial charge in [-0.15, -0.1) is 0 Å². The Balaban J connectivity index is 2.30. The Bertz CT molecular complexity index is 342. The molecule has 1 fully saturated rings. The predicted octanol–water partition coefficient (Wildman–Crippen LogP) is 2.09. The van der Waals surface area contributed by atoms with Gasteiger partial charge >= 0.3 is 0 Å². The summed E-state index contributed by atoms with van der Waals surface area (Å²) >= 11 is 0. The summed E-state index contributed by atoms with van der Waals surface area (Å²) in [5.74, 6) is -0.153. The molecule has 1 saturated heterocycles. The molecule has 0 bridgehead atoms. The van der Waals surface area contributed by atoms with Crippen molar-refractivity contribution in [1.82, 2.24) is 5.32 Å². The molecule has 16 heavy (non-hydrogen) atoms. The Morgan fingerprint density at radius 3 is 2.75 bits per heavy atom. The molecular formula is C13H18FNO. The monoisotopic (exact) mass is 223 g/mol. The summed E-state index contributed by atoms with van der Waals surface area (Å²) in [4.78, 5) is 0. The van der Waals surface area contributed by atoms with Crippen LogP contribution in [0.25, 0.3) is 0 Å². The van der Waals surface area contributed by atoms with Crippen LogP contribution in [0.4, 0.5) is 4.39 Å². The van der Waals surface area contributed by atoms with E-state index in [-0.39, 0.29) is 11.2 Å². The highest BCUT2D eigenvalue weighted by Gasteiger charge is 2.33. The third kappa shape index (κ3) is 2.25. The van der Waals surface area contributed by atoms with Crippen LogP contribution >= 0.6 is 0 Å². The number of hydrogen-bond donors (Lipinski definition) is 1. The minimum absolute atomic E-state index is 0.0368. The van der Waals surface area contributed by atoms with E-state index >= 15 is 0 Å². The molecule has 0 atom stereocenters. The van der Waals surface area contributed by atoms with Gasteiger partial charge in [-0.1, -0.05) is 12.1 Å². The summed E-state index contributed by atoms with van der Waals surface area (Å²) in [6.07, 6.45) is 1.91. The van der Waals surface area contributed by atoms with Crippen molar-refractivity contribution < 1.29 is 9.13 Å². The van der Waals surface area contributed by atoms with E-state index in [0.717, 1.165) is 38.2 Å². The van der Waals surface area contributed by atoms with Gasteiger partial charge in [-0.05, 0) is 37.6 Å². The number of hydrogen-bond acceptors (Lipinski definition) is 2. The van der Waals surface area contributed by atoms with Crippen molar-refractivity contribution in [2.45, 2.75) is 18.3 Å². The van der Waals surface area contributed by atoms with Crippen molar-refractivity contribution in [2.75, 3.05) is 26.8 Å². The highest BCUT2D eigenvalue weighted by molar-refractivity contribution is 5.27. The van der Waals surface area contributed by atoms with Crippen LogP contribution in [0.3, 0.4) is 0 Å². The molecule has 0 radical (unpaired) electrons.